The summed E-state index contributed by atoms with van der Waals surface area (Å²) in [4.78, 5) is 7.27. The van der Waals surface area contributed by atoms with Crippen molar-refractivity contribution in [3.63, 3.8) is 0 Å². The Bertz CT molecular complexity index is 484. The lowest BCUT2D eigenvalue weighted by molar-refractivity contribution is 0.0203. The number of aryl methyl sites for hydroxylation is 1. The first kappa shape index (κ1) is 19.2. The normalized spacial score (nSPS) is 16.3. The molecule has 2 N–H and O–H groups in total. The fourth-order valence-corrected chi connectivity index (χ4v) is 3.43. The number of hydrogen-bond acceptors (Lipinski definition) is 4. The van der Waals surface area contributed by atoms with Crippen molar-refractivity contribution in [2.45, 2.75) is 39.7 Å². The molecule has 2 heterocycles. The van der Waals surface area contributed by atoms with Crippen molar-refractivity contribution in [3.8, 4) is 0 Å². The second-order valence-electron chi connectivity index (χ2n) is 6.12. The van der Waals surface area contributed by atoms with Gasteiger partial charge in [0.2, 0.25) is 0 Å². The highest BCUT2D eigenvalue weighted by atomic mass is 32.1. The quantitative estimate of drug-likeness (QED) is 0.407. The van der Waals surface area contributed by atoms with E-state index >= 15 is 0 Å². The van der Waals surface area contributed by atoms with E-state index < -0.39 is 0 Å². The molecular weight excluding hydrogens is 322 g/mol. The highest BCUT2D eigenvalue weighted by Crippen LogP contribution is 2.16. The molecule has 0 amide bonds. The van der Waals surface area contributed by atoms with Gasteiger partial charge in [0.15, 0.2) is 5.96 Å². The monoisotopic (exact) mass is 353 g/mol. The van der Waals surface area contributed by atoms with E-state index in [-0.39, 0.29) is 0 Å². The average molecular weight is 354 g/mol. The molecule has 0 spiro atoms. The second-order valence-corrected chi connectivity index (χ2v) is 7.49. The van der Waals surface area contributed by atoms with E-state index in [9.17, 15) is 0 Å². The minimum atomic E-state index is 0.680. The van der Waals surface area contributed by atoms with Crippen LogP contribution in [0.25, 0.3) is 0 Å². The maximum Gasteiger partial charge on any atom is 0.191 e. The van der Waals surface area contributed by atoms with E-state index in [0.717, 1.165) is 71.3 Å². The first-order valence-electron chi connectivity index (χ1n) is 9.01. The van der Waals surface area contributed by atoms with Gasteiger partial charge in [0.25, 0.3) is 0 Å². The highest BCUT2D eigenvalue weighted by Gasteiger charge is 2.13. The molecule has 1 aromatic heterocycles. The smallest absolute Gasteiger partial charge is 0.191 e. The fourth-order valence-electron chi connectivity index (χ4n) is 2.61. The number of rotatable bonds is 9. The molecule has 136 valence electrons. The van der Waals surface area contributed by atoms with Crippen LogP contribution in [0.4, 0.5) is 0 Å². The Morgan fingerprint density at radius 3 is 2.88 bits per heavy atom. The molecule has 0 bridgehead atoms. The summed E-state index contributed by atoms with van der Waals surface area (Å²) in [5.74, 6) is 1.56. The number of aliphatic imine (C=N–C) groups is 1. The van der Waals surface area contributed by atoms with Crippen LogP contribution in [-0.2, 0) is 16.0 Å². The summed E-state index contributed by atoms with van der Waals surface area (Å²) in [6.45, 7) is 10.1. The molecule has 1 aliphatic rings. The van der Waals surface area contributed by atoms with Crippen LogP contribution in [0.1, 0.15) is 35.9 Å². The van der Waals surface area contributed by atoms with Gasteiger partial charge in [-0.2, -0.15) is 0 Å². The van der Waals surface area contributed by atoms with Crippen LogP contribution in [0.5, 0.6) is 0 Å². The van der Waals surface area contributed by atoms with E-state index in [2.05, 4.69) is 41.6 Å². The summed E-state index contributed by atoms with van der Waals surface area (Å²) in [6.07, 6.45) is 3.26. The summed E-state index contributed by atoms with van der Waals surface area (Å²) in [6, 6.07) is 4.29. The van der Waals surface area contributed by atoms with E-state index in [1.54, 1.807) is 11.3 Å². The van der Waals surface area contributed by atoms with Gasteiger partial charge in [-0.3, -0.25) is 0 Å². The second kappa shape index (κ2) is 11.4. The van der Waals surface area contributed by atoms with Gasteiger partial charge >= 0.3 is 0 Å². The predicted molar refractivity (Wildman–Crippen MR) is 101 cm³/mol. The largest absolute Gasteiger partial charge is 0.381 e. The fraction of sp³-hybridized carbons (Fsp3) is 0.722. The third-order valence-corrected chi connectivity index (χ3v) is 4.97. The topological polar surface area (TPSA) is 54.9 Å². The number of ether oxygens (including phenoxy) is 2. The van der Waals surface area contributed by atoms with Gasteiger partial charge < -0.3 is 20.1 Å². The van der Waals surface area contributed by atoms with Gasteiger partial charge in [-0.05, 0) is 51.2 Å². The Labute approximate surface area is 149 Å². The summed E-state index contributed by atoms with van der Waals surface area (Å²) in [5.41, 5.74) is 0. The van der Waals surface area contributed by atoms with Crippen LogP contribution < -0.4 is 10.6 Å². The molecule has 1 aromatic rings. The molecule has 0 saturated carbocycles. The Morgan fingerprint density at radius 2 is 2.17 bits per heavy atom. The van der Waals surface area contributed by atoms with Gasteiger partial charge in [0, 0.05) is 49.3 Å². The van der Waals surface area contributed by atoms with Gasteiger partial charge in [0.1, 0.15) is 0 Å². The first-order chi connectivity index (χ1) is 11.8. The van der Waals surface area contributed by atoms with E-state index in [1.165, 1.54) is 9.75 Å². The van der Waals surface area contributed by atoms with Crippen LogP contribution in [-0.4, -0.2) is 45.5 Å². The Morgan fingerprint density at radius 1 is 1.33 bits per heavy atom. The van der Waals surface area contributed by atoms with Crippen molar-refractivity contribution < 1.29 is 9.47 Å². The summed E-state index contributed by atoms with van der Waals surface area (Å²) >= 11 is 1.80. The number of guanidine groups is 1. The van der Waals surface area contributed by atoms with Gasteiger partial charge in [-0.25, -0.2) is 4.99 Å². The van der Waals surface area contributed by atoms with Crippen molar-refractivity contribution >= 4 is 17.3 Å². The Balaban J connectivity index is 1.58. The van der Waals surface area contributed by atoms with Crippen LogP contribution in [0.3, 0.4) is 0 Å². The molecule has 24 heavy (non-hydrogen) atoms. The maximum atomic E-state index is 5.79. The molecule has 0 aromatic carbocycles. The van der Waals surface area contributed by atoms with Crippen molar-refractivity contribution in [2.75, 3.05) is 39.5 Å². The molecule has 1 aliphatic heterocycles. The van der Waals surface area contributed by atoms with Gasteiger partial charge in [-0.1, -0.05) is 0 Å². The number of nitrogens with zero attached hydrogens (tertiary/aromatic N) is 1. The molecule has 6 heteroatoms. The van der Waals surface area contributed by atoms with E-state index in [0.29, 0.717) is 5.92 Å². The Kier molecular flexibility index (Phi) is 9.16. The minimum Gasteiger partial charge on any atom is -0.381 e. The van der Waals surface area contributed by atoms with Crippen LogP contribution in [0.15, 0.2) is 17.1 Å². The average Bonchev–Trinajstić information content (AvgIpc) is 3.02. The van der Waals surface area contributed by atoms with Crippen molar-refractivity contribution in [1.82, 2.24) is 10.6 Å². The number of thiophene rings is 1. The molecule has 5 nitrogen and oxygen atoms in total. The van der Waals surface area contributed by atoms with Crippen molar-refractivity contribution in [2.24, 2.45) is 10.9 Å². The summed E-state index contributed by atoms with van der Waals surface area (Å²) < 4.78 is 11.2. The molecule has 1 saturated heterocycles. The minimum absolute atomic E-state index is 0.680. The standard InChI is InChI=1S/C18H31N3O2S/c1-3-19-18(21-13-17-6-5-15(2)24-17)20-9-4-10-23-14-16-7-11-22-12-8-16/h5-6,16H,3-4,7-14H2,1-2H3,(H2,19,20,21). The summed E-state index contributed by atoms with van der Waals surface area (Å²) in [7, 11) is 0. The zero-order chi connectivity index (χ0) is 17.0. The first-order valence-corrected chi connectivity index (χ1v) is 9.82. The van der Waals surface area contributed by atoms with Crippen LogP contribution in [0.2, 0.25) is 0 Å². The number of hydrogen-bond donors (Lipinski definition) is 2. The zero-order valence-corrected chi connectivity index (χ0v) is 15.8. The molecule has 0 aliphatic carbocycles. The lowest BCUT2D eigenvalue weighted by atomic mass is 10.0. The third-order valence-electron chi connectivity index (χ3n) is 3.99. The zero-order valence-electron chi connectivity index (χ0n) is 15.0. The highest BCUT2D eigenvalue weighted by molar-refractivity contribution is 7.11. The van der Waals surface area contributed by atoms with Gasteiger partial charge in [-0.15, -0.1) is 11.3 Å². The van der Waals surface area contributed by atoms with Gasteiger partial charge in [0.05, 0.1) is 6.54 Å². The maximum absolute atomic E-state index is 5.79. The predicted octanol–water partition coefficient (Wildman–Crippen LogP) is 2.94. The molecule has 0 unspecified atom stereocenters. The molecule has 0 atom stereocenters. The summed E-state index contributed by atoms with van der Waals surface area (Å²) in [5, 5.41) is 6.67. The third kappa shape index (κ3) is 7.64. The van der Waals surface area contributed by atoms with Crippen LogP contribution in [0, 0.1) is 12.8 Å². The lowest BCUT2D eigenvalue weighted by Gasteiger charge is -2.21. The molecule has 1 fully saturated rings. The SMILES string of the molecule is CCNC(=NCc1ccc(C)s1)NCCCOCC1CCOCC1. The number of nitrogens with one attached hydrogen (secondary N) is 2. The molecule has 2 rings (SSSR count). The van der Waals surface area contributed by atoms with E-state index in [1.807, 2.05) is 0 Å². The molecular formula is C18H31N3O2S. The molecule has 0 radical (unpaired) electrons. The lowest BCUT2D eigenvalue weighted by Crippen LogP contribution is -2.38. The van der Waals surface area contributed by atoms with E-state index in [4.69, 9.17) is 9.47 Å². The van der Waals surface area contributed by atoms with Crippen LogP contribution >= 0.6 is 11.3 Å². The Hall–Kier alpha value is -1.11. The van der Waals surface area contributed by atoms with Crippen molar-refractivity contribution in [3.05, 3.63) is 21.9 Å². The van der Waals surface area contributed by atoms with Crippen molar-refractivity contribution in [1.29, 1.82) is 0 Å².